The fourth-order valence-electron chi connectivity index (χ4n) is 2.77. The summed E-state index contributed by atoms with van der Waals surface area (Å²) in [4.78, 5) is 25.9. The van der Waals surface area contributed by atoms with Gasteiger partial charge in [-0.2, -0.15) is 0 Å². The molecule has 0 bridgehead atoms. The fraction of sp³-hybridized carbons (Fsp3) is 0.333. The maximum Gasteiger partial charge on any atom is 0.261 e. The lowest BCUT2D eigenvalue weighted by Gasteiger charge is -2.30. The van der Waals surface area contributed by atoms with Gasteiger partial charge in [0.05, 0.1) is 6.04 Å². The third-order valence-electron chi connectivity index (χ3n) is 4.23. The second-order valence-corrected chi connectivity index (χ2v) is 7.01. The van der Waals surface area contributed by atoms with Gasteiger partial charge in [0.2, 0.25) is 0 Å². The lowest BCUT2D eigenvalue weighted by molar-refractivity contribution is -0.135. The van der Waals surface area contributed by atoms with Crippen LogP contribution >= 0.6 is 15.9 Å². The summed E-state index contributed by atoms with van der Waals surface area (Å²) < 4.78 is 6.62. The molecule has 0 N–H and O–H groups in total. The first-order valence-corrected chi connectivity index (χ1v) is 9.51. The van der Waals surface area contributed by atoms with Gasteiger partial charge in [0, 0.05) is 16.6 Å². The minimum absolute atomic E-state index is 0.00371. The van der Waals surface area contributed by atoms with E-state index in [0.29, 0.717) is 17.9 Å². The Morgan fingerprint density at radius 3 is 2.35 bits per heavy atom. The zero-order valence-corrected chi connectivity index (χ0v) is 17.0. The summed E-state index contributed by atoms with van der Waals surface area (Å²) >= 11 is 3.56. The summed E-state index contributed by atoms with van der Waals surface area (Å²) in [7, 11) is 0. The first-order valence-electron chi connectivity index (χ1n) is 8.71. The summed E-state index contributed by atoms with van der Waals surface area (Å²) in [6.45, 7) is 6.22. The van der Waals surface area contributed by atoms with Crippen LogP contribution in [-0.2, 0) is 4.79 Å². The zero-order valence-electron chi connectivity index (χ0n) is 15.4. The summed E-state index contributed by atoms with van der Waals surface area (Å²) in [6, 6.07) is 14.7. The van der Waals surface area contributed by atoms with E-state index in [1.165, 1.54) is 6.92 Å². The van der Waals surface area contributed by atoms with Gasteiger partial charge in [-0.15, -0.1) is 0 Å². The topological polar surface area (TPSA) is 46.6 Å². The number of ether oxygens (including phenoxy) is 1. The van der Waals surface area contributed by atoms with Crippen LogP contribution in [0, 0.1) is 0 Å². The van der Waals surface area contributed by atoms with Gasteiger partial charge in [0.15, 0.2) is 12.4 Å². The van der Waals surface area contributed by atoms with Crippen molar-refractivity contribution in [2.45, 2.75) is 33.2 Å². The number of rotatable bonds is 8. The first-order chi connectivity index (χ1) is 12.4. The molecule has 138 valence electrons. The third-order valence-corrected chi connectivity index (χ3v) is 4.95. The quantitative estimate of drug-likeness (QED) is 0.565. The molecule has 0 heterocycles. The van der Waals surface area contributed by atoms with Crippen molar-refractivity contribution in [1.29, 1.82) is 0 Å². The van der Waals surface area contributed by atoms with E-state index in [1.54, 1.807) is 24.3 Å². The molecule has 0 fully saturated rings. The summed E-state index contributed by atoms with van der Waals surface area (Å²) in [6.07, 6.45) is 0.869. The predicted molar refractivity (Wildman–Crippen MR) is 107 cm³/mol. The summed E-state index contributed by atoms with van der Waals surface area (Å²) in [5.74, 6) is 0.517. The van der Waals surface area contributed by atoms with E-state index < -0.39 is 0 Å². The number of nitrogens with zero attached hydrogens (tertiary/aromatic N) is 1. The molecular weight excluding hydrogens is 394 g/mol. The van der Waals surface area contributed by atoms with E-state index >= 15 is 0 Å². The number of halogens is 1. The second-order valence-electron chi connectivity index (χ2n) is 6.15. The maximum absolute atomic E-state index is 12.7. The number of amides is 1. The minimum Gasteiger partial charge on any atom is -0.484 e. The molecule has 5 heteroatoms. The van der Waals surface area contributed by atoms with E-state index in [0.717, 1.165) is 16.5 Å². The van der Waals surface area contributed by atoms with Gasteiger partial charge >= 0.3 is 0 Å². The largest absolute Gasteiger partial charge is 0.484 e. The van der Waals surface area contributed by atoms with Crippen molar-refractivity contribution < 1.29 is 14.3 Å². The molecule has 0 saturated heterocycles. The Kier molecular flexibility index (Phi) is 7.39. The number of carbonyl (C=O) groups excluding carboxylic acids is 2. The van der Waals surface area contributed by atoms with Crippen LogP contribution in [0.25, 0.3) is 0 Å². The van der Waals surface area contributed by atoms with Crippen LogP contribution in [0.1, 0.15) is 49.2 Å². The molecule has 0 aliphatic carbocycles. The number of hydrogen-bond acceptors (Lipinski definition) is 3. The highest BCUT2D eigenvalue weighted by Gasteiger charge is 2.22. The van der Waals surface area contributed by atoms with Gasteiger partial charge in [0.25, 0.3) is 5.91 Å². The van der Waals surface area contributed by atoms with E-state index in [4.69, 9.17) is 4.74 Å². The van der Waals surface area contributed by atoms with Crippen molar-refractivity contribution in [3.05, 3.63) is 64.1 Å². The summed E-state index contributed by atoms with van der Waals surface area (Å²) in [5.41, 5.74) is 1.69. The molecule has 26 heavy (non-hydrogen) atoms. The molecule has 1 unspecified atom stereocenters. The Balaban J connectivity index is 2.06. The van der Waals surface area contributed by atoms with E-state index in [9.17, 15) is 9.59 Å². The van der Waals surface area contributed by atoms with Crippen molar-refractivity contribution in [3.63, 3.8) is 0 Å². The van der Waals surface area contributed by atoms with Crippen molar-refractivity contribution in [2.24, 2.45) is 0 Å². The third kappa shape index (κ3) is 5.18. The molecule has 4 nitrogen and oxygen atoms in total. The van der Waals surface area contributed by atoms with Crippen molar-refractivity contribution in [3.8, 4) is 5.75 Å². The smallest absolute Gasteiger partial charge is 0.261 e. The SMILES string of the molecule is CCCN(C(=O)COc1ccc(C(C)=O)cc1)C(C)c1ccccc1Br. The van der Waals surface area contributed by atoms with Crippen LogP contribution in [0.3, 0.4) is 0 Å². The Bertz CT molecular complexity index is 758. The van der Waals surface area contributed by atoms with Gasteiger partial charge in [-0.05, 0) is 56.2 Å². The number of ketones is 1. The minimum atomic E-state index is -0.0641. The van der Waals surface area contributed by atoms with Gasteiger partial charge < -0.3 is 9.64 Å². The van der Waals surface area contributed by atoms with Crippen LogP contribution in [0.5, 0.6) is 5.75 Å². The van der Waals surface area contributed by atoms with E-state index in [-0.39, 0.29) is 24.3 Å². The molecule has 2 aromatic carbocycles. The zero-order chi connectivity index (χ0) is 19.1. The molecule has 0 radical (unpaired) electrons. The highest BCUT2D eigenvalue weighted by molar-refractivity contribution is 9.10. The predicted octanol–water partition coefficient (Wildman–Crippen LogP) is 5.03. The number of carbonyl (C=O) groups is 2. The molecule has 2 rings (SSSR count). The maximum atomic E-state index is 12.7. The fourth-order valence-corrected chi connectivity index (χ4v) is 3.39. The average molecular weight is 418 g/mol. The summed E-state index contributed by atoms with van der Waals surface area (Å²) in [5, 5.41) is 0. The molecule has 0 spiro atoms. The van der Waals surface area contributed by atoms with E-state index in [2.05, 4.69) is 15.9 Å². The van der Waals surface area contributed by atoms with Gasteiger partial charge in [-0.1, -0.05) is 41.1 Å². The van der Waals surface area contributed by atoms with Gasteiger partial charge in [0.1, 0.15) is 5.75 Å². The number of Topliss-reactive ketones (excluding diaryl/α,β-unsaturated/α-hetero) is 1. The van der Waals surface area contributed by atoms with Gasteiger partial charge in [-0.25, -0.2) is 0 Å². The standard InChI is InChI=1S/C21H24BrNO3/c1-4-13-23(15(2)19-7-5-6-8-20(19)22)21(25)14-26-18-11-9-17(10-12-18)16(3)24/h5-12,15H,4,13-14H2,1-3H3. The Labute approximate surface area is 163 Å². The Morgan fingerprint density at radius 2 is 1.77 bits per heavy atom. The van der Waals surface area contributed by atoms with Crippen molar-refractivity contribution in [1.82, 2.24) is 4.90 Å². The Morgan fingerprint density at radius 1 is 1.12 bits per heavy atom. The number of benzene rings is 2. The molecule has 1 atom stereocenters. The molecule has 0 aromatic heterocycles. The molecule has 0 aliphatic heterocycles. The van der Waals surface area contributed by atoms with Crippen LogP contribution in [0.4, 0.5) is 0 Å². The van der Waals surface area contributed by atoms with E-state index in [1.807, 2.05) is 43.0 Å². The van der Waals surface area contributed by atoms with Crippen LogP contribution in [0.2, 0.25) is 0 Å². The highest BCUT2D eigenvalue weighted by atomic mass is 79.9. The lowest BCUT2D eigenvalue weighted by atomic mass is 10.1. The molecule has 1 amide bonds. The normalized spacial score (nSPS) is 11.7. The second kappa shape index (κ2) is 9.53. The molecule has 0 aliphatic rings. The Hall–Kier alpha value is -2.14. The average Bonchev–Trinajstić information content (AvgIpc) is 2.64. The molecule has 2 aromatic rings. The van der Waals surface area contributed by atoms with Gasteiger partial charge in [-0.3, -0.25) is 9.59 Å². The molecule has 0 saturated carbocycles. The highest BCUT2D eigenvalue weighted by Crippen LogP contribution is 2.28. The van der Waals surface area contributed by atoms with Crippen LogP contribution in [-0.4, -0.2) is 29.7 Å². The molecular formula is C21H24BrNO3. The van der Waals surface area contributed by atoms with Crippen molar-refractivity contribution >= 4 is 27.6 Å². The van der Waals surface area contributed by atoms with Crippen LogP contribution < -0.4 is 4.74 Å². The lowest BCUT2D eigenvalue weighted by Crippen LogP contribution is -2.37. The van der Waals surface area contributed by atoms with Crippen molar-refractivity contribution in [2.75, 3.05) is 13.2 Å². The van der Waals surface area contributed by atoms with Crippen LogP contribution in [0.15, 0.2) is 53.0 Å². The number of hydrogen-bond donors (Lipinski definition) is 0. The first kappa shape index (κ1) is 20.2. The monoisotopic (exact) mass is 417 g/mol.